The zero-order chi connectivity index (χ0) is 22.5. The van der Waals surface area contributed by atoms with Gasteiger partial charge in [-0.25, -0.2) is 0 Å². The molecule has 6 rings (SSSR count). The molecule has 7 heteroatoms. The van der Waals surface area contributed by atoms with Gasteiger partial charge in [0.15, 0.2) is 11.5 Å². The smallest absolute Gasteiger partial charge is 0.264 e. The number of hydrogen-bond donors (Lipinski definition) is 1. The van der Waals surface area contributed by atoms with E-state index in [1.807, 2.05) is 49.3 Å². The summed E-state index contributed by atoms with van der Waals surface area (Å²) < 4.78 is 11.2. The van der Waals surface area contributed by atoms with E-state index >= 15 is 0 Å². The molecule has 2 aliphatic heterocycles. The molecule has 2 aromatic heterocycles. The molecule has 33 heavy (non-hydrogen) atoms. The van der Waals surface area contributed by atoms with Crippen molar-refractivity contribution in [2.45, 2.75) is 19.0 Å². The minimum Gasteiger partial charge on any atom is -0.454 e. The third kappa shape index (κ3) is 3.48. The van der Waals surface area contributed by atoms with Crippen LogP contribution in [0.4, 0.5) is 0 Å². The number of aromatic amines is 1. The lowest BCUT2D eigenvalue weighted by Gasteiger charge is -2.36. The van der Waals surface area contributed by atoms with Gasteiger partial charge in [0, 0.05) is 34.6 Å². The topological polar surface area (TPSA) is 57.8 Å². The van der Waals surface area contributed by atoms with Gasteiger partial charge in [-0.15, -0.1) is 11.3 Å². The highest BCUT2D eigenvalue weighted by Gasteiger charge is 2.36. The second-order valence-corrected chi connectivity index (χ2v) is 10.00. The van der Waals surface area contributed by atoms with Crippen molar-refractivity contribution in [1.82, 2.24) is 14.8 Å². The van der Waals surface area contributed by atoms with Gasteiger partial charge in [0.2, 0.25) is 6.79 Å². The number of ether oxygens (including phenoxy) is 2. The molecule has 1 atom stereocenters. The average Bonchev–Trinajstić information content (AvgIpc) is 3.55. The van der Waals surface area contributed by atoms with Crippen LogP contribution in [0.3, 0.4) is 0 Å². The Balaban J connectivity index is 1.45. The van der Waals surface area contributed by atoms with Crippen LogP contribution < -0.4 is 9.47 Å². The Hall–Kier alpha value is -3.29. The Bertz CT molecular complexity index is 1360. The van der Waals surface area contributed by atoms with Crippen LogP contribution in [0, 0.1) is 0 Å². The van der Waals surface area contributed by atoms with Crippen molar-refractivity contribution in [3.63, 3.8) is 0 Å². The number of amides is 1. The van der Waals surface area contributed by atoms with E-state index < -0.39 is 0 Å². The number of H-pyrrole nitrogens is 1. The van der Waals surface area contributed by atoms with Crippen molar-refractivity contribution in [1.29, 1.82) is 0 Å². The predicted octanol–water partition coefficient (Wildman–Crippen LogP) is 4.81. The third-order valence-electron chi connectivity index (χ3n) is 6.35. The molecule has 2 aromatic carbocycles. The fraction of sp³-hybridized carbons (Fsp3) is 0.269. The van der Waals surface area contributed by atoms with E-state index in [1.165, 1.54) is 15.8 Å². The molecular formula is C26H25N3O3S. The highest BCUT2D eigenvalue weighted by Crippen LogP contribution is 2.42. The molecule has 0 saturated carbocycles. The third-order valence-corrected chi connectivity index (χ3v) is 7.41. The number of aromatic nitrogens is 1. The molecule has 0 aliphatic carbocycles. The molecule has 1 N–H and O–H groups in total. The largest absolute Gasteiger partial charge is 0.454 e. The van der Waals surface area contributed by atoms with Gasteiger partial charge in [0.1, 0.15) is 0 Å². The van der Waals surface area contributed by atoms with Crippen molar-refractivity contribution in [3.8, 4) is 11.5 Å². The standard InChI is InChI=1S/C26H25N3O3S/c1-28(2)14-17-8-10-23(33-17)26(30)29-12-11-19-18-5-3-4-6-20(18)27-24(19)25(29)16-7-9-21-22(13-16)32-15-31-21/h3-10,13,25,27H,11-12,14-15H2,1-2H3. The highest BCUT2D eigenvalue weighted by molar-refractivity contribution is 7.14. The van der Waals surface area contributed by atoms with Crippen LogP contribution in [0.25, 0.3) is 10.9 Å². The molecule has 2 aliphatic rings. The number of hydrogen-bond acceptors (Lipinski definition) is 5. The summed E-state index contributed by atoms with van der Waals surface area (Å²) in [7, 11) is 4.08. The summed E-state index contributed by atoms with van der Waals surface area (Å²) in [5.41, 5.74) is 4.49. The average molecular weight is 460 g/mol. The molecule has 0 saturated heterocycles. The van der Waals surface area contributed by atoms with Crippen molar-refractivity contribution >= 4 is 28.1 Å². The molecule has 168 valence electrons. The molecule has 0 radical (unpaired) electrons. The lowest BCUT2D eigenvalue weighted by Crippen LogP contribution is -2.40. The van der Waals surface area contributed by atoms with Crippen LogP contribution >= 0.6 is 11.3 Å². The lowest BCUT2D eigenvalue weighted by molar-refractivity contribution is 0.0696. The second-order valence-electron chi connectivity index (χ2n) is 8.83. The normalized spacial score (nSPS) is 17.1. The number of benzene rings is 2. The first-order valence-electron chi connectivity index (χ1n) is 11.1. The molecule has 4 heterocycles. The van der Waals surface area contributed by atoms with Crippen LogP contribution in [0.1, 0.15) is 37.4 Å². The van der Waals surface area contributed by atoms with E-state index in [4.69, 9.17) is 9.47 Å². The lowest BCUT2D eigenvalue weighted by atomic mass is 9.92. The second kappa shape index (κ2) is 7.93. The number of carbonyl (C=O) groups is 1. The summed E-state index contributed by atoms with van der Waals surface area (Å²) in [5.74, 6) is 1.54. The van der Waals surface area contributed by atoms with Crippen molar-refractivity contribution < 1.29 is 14.3 Å². The zero-order valence-corrected chi connectivity index (χ0v) is 19.4. The molecule has 1 unspecified atom stereocenters. The van der Waals surface area contributed by atoms with E-state index in [0.29, 0.717) is 6.54 Å². The van der Waals surface area contributed by atoms with Gasteiger partial charge in [-0.3, -0.25) is 4.79 Å². The SMILES string of the molecule is CN(C)Cc1ccc(C(=O)N2CCc3c([nH]c4ccccc34)C2c2ccc3c(c2)OCO3)s1. The number of carbonyl (C=O) groups excluding carboxylic acids is 1. The number of rotatable bonds is 4. The van der Waals surface area contributed by atoms with Gasteiger partial charge in [-0.05, 0) is 62.0 Å². The van der Waals surface area contributed by atoms with Crippen molar-refractivity contribution in [3.05, 3.63) is 81.2 Å². The highest BCUT2D eigenvalue weighted by atomic mass is 32.1. The van der Waals surface area contributed by atoms with Crippen LogP contribution in [0.5, 0.6) is 11.5 Å². The number of nitrogens with zero attached hydrogens (tertiary/aromatic N) is 2. The first-order chi connectivity index (χ1) is 16.1. The van der Waals surface area contributed by atoms with Gasteiger partial charge in [-0.1, -0.05) is 24.3 Å². The maximum absolute atomic E-state index is 13.8. The minimum atomic E-state index is -0.220. The molecule has 0 fully saturated rings. The number of para-hydroxylation sites is 1. The number of thiophene rings is 1. The van der Waals surface area contributed by atoms with Gasteiger partial charge in [0.25, 0.3) is 5.91 Å². The fourth-order valence-corrected chi connectivity index (χ4v) is 6.00. The Morgan fingerprint density at radius 2 is 1.97 bits per heavy atom. The first kappa shape index (κ1) is 20.3. The maximum Gasteiger partial charge on any atom is 0.264 e. The maximum atomic E-state index is 13.8. The van der Waals surface area contributed by atoms with Crippen LogP contribution in [0.15, 0.2) is 54.6 Å². The molecule has 6 nitrogen and oxygen atoms in total. The number of nitrogens with one attached hydrogen (secondary N) is 1. The Morgan fingerprint density at radius 3 is 2.85 bits per heavy atom. The van der Waals surface area contributed by atoms with E-state index in [1.54, 1.807) is 11.3 Å². The summed E-state index contributed by atoms with van der Waals surface area (Å²) in [6.07, 6.45) is 0.821. The monoisotopic (exact) mass is 459 g/mol. The summed E-state index contributed by atoms with van der Waals surface area (Å²) in [4.78, 5) is 23.5. The van der Waals surface area contributed by atoms with Crippen LogP contribution in [-0.4, -0.2) is 48.1 Å². The molecular weight excluding hydrogens is 434 g/mol. The summed E-state index contributed by atoms with van der Waals surface area (Å²) in [6, 6.07) is 18.2. The summed E-state index contributed by atoms with van der Waals surface area (Å²) >= 11 is 1.58. The molecule has 0 spiro atoms. The van der Waals surface area contributed by atoms with Crippen LogP contribution in [0.2, 0.25) is 0 Å². The Kier molecular flexibility index (Phi) is 4.89. The quantitative estimate of drug-likeness (QED) is 0.476. The summed E-state index contributed by atoms with van der Waals surface area (Å²) in [6.45, 7) is 1.72. The van der Waals surface area contributed by atoms with E-state index in [2.05, 4.69) is 34.1 Å². The van der Waals surface area contributed by atoms with Crippen molar-refractivity contribution in [2.75, 3.05) is 27.4 Å². The number of fused-ring (bicyclic) bond motifs is 4. The minimum absolute atomic E-state index is 0.0666. The van der Waals surface area contributed by atoms with Crippen LogP contribution in [-0.2, 0) is 13.0 Å². The Labute approximate surface area is 196 Å². The molecule has 4 aromatic rings. The van der Waals surface area contributed by atoms with Gasteiger partial charge in [-0.2, -0.15) is 0 Å². The zero-order valence-electron chi connectivity index (χ0n) is 18.6. The molecule has 1 amide bonds. The van der Waals surface area contributed by atoms with E-state index in [-0.39, 0.29) is 18.7 Å². The van der Waals surface area contributed by atoms with E-state index in [0.717, 1.165) is 46.1 Å². The van der Waals surface area contributed by atoms with Gasteiger partial charge < -0.3 is 24.3 Å². The van der Waals surface area contributed by atoms with Gasteiger partial charge in [0.05, 0.1) is 10.9 Å². The summed E-state index contributed by atoms with van der Waals surface area (Å²) in [5, 5.41) is 1.23. The van der Waals surface area contributed by atoms with Crippen molar-refractivity contribution in [2.24, 2.45) is 0 Å². The van der Waals surface area contributed by atoms with Gasteiger partial charge >= 0.3 is 0 Å². The first-order valence-corrected chi connectivity index (χ1v) is 11.9. The predicted molar refractivity (Wildman–Crippen MR) is 129 cm³/mol. The molecule has 0 bridgehead atoms. The Morgan fingerprint density at radius 1 is 1.12 bits per heavy atom. The fourth-order valence-electron chi connectivity index (χ4n) is 4.92. The van der Waals surface area contributed by atoms with E-state index in [9.17, 15) is 4.79 Å².